The molecule has 0 saturated heterocycles. The van der Waals surface area contributed by atoms with Gasteiger partial charge < -0.3 is 15.1 Å². The number of rotatable bonds is 6. The fourth-order valence-corrected chi connectivity index (χ4v) is 3.81. The van der Waals surface area contributed by atoms with Crippen LogP contribution in [0.4, 0.5) is 10.8 Å². The van der Waals surface area contributed by atoms with Gasteiger partial charge in [0.25, 0.3) is 11.8 Å². The van der Waals surface area contributed by atoms with Gasteiger partial charge >= 0.3 is 0 Å². The Bertz CT molecular complexity index is 1130. The number of nitrogens with one attached hydrogen (secondary N) is 2. The maximum atomic E-state index is 12.8. The number of nitrogens with zero attached hydrogens (tertiary/aromatic N) is 2. The topological polar surface area (TPSA) is 89.2 Å². The van der Waals surface area contributed by atoms with Crippen molar-refractivity contribution in [2.75, 3.05) is 10.6 Å². The van der Waals surface area contributed by atoms with Gasteiger partial charge in [0.2, 0.25) is 0 Å². The first kappa shape index (κ1) is 18.7. The fourth-order valence-electron chi connectivity index (χ4n) is 2.84. The minimum Gasteiger partial charge on any atom is -0.459 e. The molecular weight excluding hydrogens is 388 g/mol. The molecule has 0 bridgehead atoms. The molecular formula is C21H18N4O3S. The average molecular weight is 406 g/mol. The van der Waals surface area contributed by atoms with Crippen LogP contribution in [0.15, 0.2) is 71.5 Å². The highest BCUT2D eigenvalue weighted by molar-refractivity contribution is 7.18. The molecule has 8 heteroatoms. The number of benzene rings is 1. The van der Waals surface area contributed by atoms with E-state index in [-0.39, 0.29) is 17.6 Å². The van der Waals surface area contributed by atoms with Crippen molar-refractivity contribution >= 4 is 34.0 Å². The summed E-state index contributed by atoms with van der Waals surface area (Å²) in [5.41, 5.74) is 1.86. The summed E-state index contributed by atoms with van der Waals surface area (Å²) in [6, 6.07) is 16.6. The van der Waals surface area contributed by atoms with Crippen molar-refractivity contribution in [3.05, 3.63) is 88.8 Å². The molecule has 0 saturated carbocycles. The number of carbonyl (C=O) groups is 2. The van der Waals surface area contributed by atoms with Gasteiger partial charge in [-0.25, -0.2) is 4.68 Å². The summed E-state index contributed by atoms with van der Waals surface area (Å²) in [6.45, 7) is 2.38. The second-order valence-corrected chi connectivity index (χ2v) is 7.42. The van der Waals surface area contributed by atoms with E-state index in [0.717, 1.165) is 11.1 Å². The molecule has 0 aliphatic rings. The minimum atomic E-state index is -0.357. The number of anilines is 2. The molecule has 7 nitrogen and oxygen atoms in total. The van der Waals surface area contributed by atoms with E-state index < -0.39 is 0 Å². The predicted molar refractivity (Wildman–Crippen MR) is 111 cm³/mol. The van der Waals surface area contributed by atoms with E-state index in [1.165, 1.54) is 17.6 Å². The van der Waals surface area contributed by atoms with Crippen LogP contribution in [0.5, 0.6) is 0 Å². The van der Waals surface area contributed by atoms with E-state index >= 15 is 0 Å². The van der Waals surface area contributed by atoms with Crippen LogP contribution in [0.25, 0.3) is 0 Å². The SMILES string of the molecule is Cc1cc(NC(=O)c2ccco2)sc1C(=O)Nc1ccnn1Cc1ccccc1. The molecule has 2 N–H and O–H groups in total. The molecule has 4 aromatic rings. The molecule has 3 heterocycles. The lowest BCUT2D eigenvalue weighted by Gasteiger charge is -2.09. The molecule has 0 unspecified atom stereocenters. The van der Waals surface area contributed by atoms with Gasteiger partial charge in [-0.2, -0.15) is 5.10 Å². The molecule has 1 aromatic carbocycles. The van der Waals surface area contributed by atoms with E-state index in [1.54, 1.807) is 35.1 Å². The quantitative estimate of drug-likeness (QED) is 0.497. The van der Waals surface area contributed by atoms with Gasteiger partial charge in [-0.3, -0.25) is 9.59 Å². The zero-order valence-corrected chi connectivity index (χ0v) is 16.4. The summed E-state index contributed by atoms with van der Waals surface area (Å²) in [6.07, 6.45) is 3.08. The molecule has 146 valence electrons. The second-order valence-electron chi connectivity index (χ2n) is 6.37. The molecule has 2 amide bonds. The summed E-state index contributed by atoms with van der Waals surface area (Å²) in [5.74, 6) is 0.213. The Morgan fingerprint density at radius 3 is 2.66 bits per heavy atom. The molecule has 0 spiro atoms. The van der Waals surface area contributed by atoms with Crippen LogP contribution in [-0.4, -0.2) is 21.6 Å². The first-order valence-electron chi connectivity index (χ1n) is 8.92. The molecule has 0 aliphatic heterocycles. The van der Waals surface area contributed by atoms with E-state index in [4.69, 9.17) is 4.42 Å². The normalized spacial score (nSPS) is 10.7. The molecule has 0 fully saturated rings. The summed E-state index contributed by atoms with van der Waals surface area (Å²) >= 11 is 1.21. The van der Waals surface area contributed by atoms with Crippen molar-refractivity contribution in [3.8, 4) is 0 Å². The maximum Gasteiger partial charge on any atom is 0.291 e. The fraction of sp³-hybridized carbons (Fsp3) is 0.0952. The van der Waals surface area contributed by atoms with E-state index in [1.807, 2.05) is 37.3 Å². The van der Waals surface area contributed by atoms with Gasteiger partial charge in [0.05, 0.1) is 28.9 Å². The van der Waals surface area contributed by atoms with Crippen molar-refractivity contribution in [2.24, 2.45) is 0 Å². The van der Waals surface area contributed by atoms with Crippen LogP contribution in [0.3, 0.4) is 0 Å². The van der Waals surface area contributed by atoms with Crippen LogP contribution in [-0.2, 0) is 6.54 Å². The van der Waals surface area contributed by atoms with Crippen LogP contribution in [0.1, 0.15) is 31.4 Å². The van der Waals surface area contributed by atoms with E-state index in [2.05, 4.69) is 15.7 Å². The second kappa shape index (κ2) is 8.15. The highest BCUT2D eigenvalue weighted by Crippen LogP contribution is 2.28. The third-order valence-corrected chi connectivity index (χ3v) is 5.39. The Kier molecular flexibility index (Phi) is 5.26. The van der Waals surface area contributed by atoms with Crippen molar-refractivity contribution in [2.45, 2.75) is 13.5 Å². The Hall–Kier alpha value is -3.65. The minimum absolute atomic E-state index is 0.215. The third kappa shape index (κ3) is 4.27. The van der Waals surface area contributed by atoms with Crippen molar-refractivity contribution in [3.63, 3.8) is 0 Å². The molecule has 4 rings (SSSR count). The van der Waals surface area contributed by atoms with Gasteiger partial charge in [-0.15, -0.1) is 11.3 Å². The zero-order valence-electron chi connectivity index (χ0n) is 15.6. The number of thiophene rings is 1. The Morgan fingerprint density at radius 1 is 1.07 bits per heavy atom. The lowest BCUT2D eigenvalue weighted by atomic mass is 10.2. The lowest BCUT2D eigenvalue weighted by molar-refractivity contribution is 0.0995. The standard InChI is InChI=1S/C21H18N4O3S/c1-14-12-18(24-20(26)16-8-5-11-28-16)29-19(14)21(27)23-17-9-10-22-25(17)13-15-6-3-2-4-7-15/h2-12H,13H2,1H3,(H,23,27)(H,24,26). The smallest absolute Gasteiger partial charge is 0.291 e. The van der Waals surface area contributed by atoms with Crippen LogP contribution in [0, 0.1) is 6.92 Å². The number of furan rings is 1. The molecule has 29 heavy (non-hydrogen) atoms. The summed E-state index contributed by atoms with van der Waals surface area (Å²) < 4.78 is 6.82. The summed E-state index contributed by atoms with van der Waals surface area (Å²) in [5, 5.41) is 10.5. The average Bonchev–Trinajstić information content (AvgIpc) is 3.45. The Balaban J connectivity index is 1.46. The highest BCUT2D eigenvalue weighted by Gasteiger charge is 2.18. The van der Waals surface area contributed by atoms with Crippen molar-refractivity contribution in [1.82, 2.24) is 9.78 Å². The highest BCUT2D eigenvalue weighted by atomic mass is 32.1. The number of aromatic nitrogens is 2. The van der Waals surface area contributed by atoms with Gasteiger partial charge in [-0.1, -0.05) is 30.3 Å². The zero-order chi connectivity index (χ0) is 20.2. The van der Waals surface area contributed by atoms with E-state index in [0.29, 0.717) is 22.2 Å². The third-order valence-electron chi connectivity index (χ3n) is 4.24. The summed E-state index contributed by atoms with van der Waals surface area (Å²) in [7, 11) is 0. The van der Waals surface area contributed by atoms with Crippen molar-refractivity contribution in [1.29, 1.82) is 0 Å². The predicted octanol–water partition coefficient (Wildman–Crippen LogP) is 4.40. The number of hydrogen-bond donors (Lipinski definition) is 2. The van der Waals surface area contributed by atoms with Crippen LogP contribution < -0.4 is 10.6 Å². The first-order valence-corrected chi connectivity index (χ1v) is 9.74. The Labute approximate surface area is 171 Å². The van der Waals surface area contributed by atoms with Gasteiger partial charge in [0, 0.05) is 6.07 Å². The largest absolute Gasteiger partial charge is 0.459 e. The number of carbonyl (C=O) groups excluding carboxylic acids is 2. The first-order chi connectivity index (χ1) is 14.1. The summed E-state index contributed by atoms with van der Waals surface area (Å²) in [4.78, 5) is 25.4. The Morgan fingerprint density at radius 2 is 1.90 bits per heavy atom. The van der Waals surface area contributed by atoms with Gasteiger partial charge in [0.1, 0.15) is 5.82 Å². The van der Waals surface area contributed by atoms with Crippen LogP contribution >= 0.6 is 11.3 Å². The van der Waals surface area contributed by atoms with Crippen molar-refractivity contribution < 1.29 is 14.0 Å². The number of aryl methyl sites for hydroxylation is 1. The maximum absolute atomic E-state index is 12.8. The van der Waals surface area contributed by atoms with Crippen LogP contribution in [0.2, 0.25) is 0 Å². The van der Waals surface area contributed by atoms with Gasteiger partial charge in [-0.05, 0) is 36.2 Å². The number of amides is 2. The lowest BCUT2D eigenvalue weighted by Crippen LogP contribution is -2.16. The van der Waals surface area contributed by atoms with E-state index in [9.17, 15) is 9.59 Å². The molecule has 0 radical (unpaired) electrons. The molecule has 0 atom stereocenters. The number of hydrogen-bond acceptors (Lipinski definition) is 5. The van der Waals surface area contributed by atoms with Gasteiger partial charge in [0.15, 0.2) is 5.76 Å². The molecule has 0 aliphatic carbocycles. The molecule has 3 aromatic heterocycles. The monoisotopic (exact) mass is 406 g/mol.